The molecule has 4 heteroatoms. The van der Waals surface area contributed by atoms with E-state index in [1.54, 1.807) is 11.3 Å². The van der Waals surface area contributed by atoms with Crippen LogP contribution in [-0.4, -0.2) is 22.7 Å². The number of hydrogen-bond acceptors (Lipinski definition) is 4. The first kappa shape index (κ1) is 10.1. The van der Waals surface area contributed by atoms with Crippen molar-refractivity contribution in [3.05, 3.63) is 16.6 Å². The van der Waals surface area contributed by atoms with Crippen molar-refractivity contribution >= 4 is 11.3 Å². The van der Waals surface area contributed by atoms with Gasteiger partial charge in [0.15, 0.2) is 0 Å². The molecule has 1 heterocycles. The first-order valence-electron chi connectivity index (χ1n) is 5.03. The number of aromatic nitrogens is 1. The Morgan fingerprint density at radius 1 is 1.71 bits per heavy atom. The van der Waals surface area contributed by atoms with E-state index in [0.717, 1.165) is 30.7 Å². The van der Waals surface area contributed by atoms with E-state index in [2.05, 4.69) is 4.98 Å². The Labute approximate surface area is 88.0 Å². The number of nitrogens with two attached hydrogens (primary N) is 1. The van der Waals surface area contributed by atoms with Gasteiger partial charge in [-0.2, -0.15) is 0 Å². The molecule has 0 radical (unpaired) electrons. The van der Waals surface area contributed by atoms with Crippen LogP contribution in [0.2, 0.25) is 0 Å². The number of aliphatic hydroxyl groups is 1. The van der Waals surface area contributed by atoms with Crippen molar-refractivity contribution in [3.8, 4) is 0 Å². The highest BCUT2D eigenvalue weighted by Crippen LogP contribution is 2.40. The van der Waals surface area contributed by atoms with Crippen LogP contribution in [0.1, 0.15) is 24.3 Å². The monoisotopic (exact) mass is 212 g/mol. The fraction of sp³-hybridized carbons (Fsp3) is 0.700. The van der Waals surface area contributed by atoms with E-state index >= 15 is 0 Å². The highest BCUT2D eigenvalue weighted by atomic mass is 32.1. The van der Waals surface area contributed by atoms with Gasteiger partial charge in [0.2, 0.25) is 0 Å². The molecule has 3 nitrogen and oxygen atoms in total. The summed E-state index contributed by atoms with van der Waals surface area (Å²) in [7, 11) is 0. The van der Waals surface area contributed by atoms with Crippen molar-refractivity contribution in [1.82, 2.24) is 4.98 Å². The Bertz CT molecular complexity index is 288. The van der Waals surface area contributed by atoms with Crippen LogP contribution in [0, 0.1) is 5.41 Å². The third kappa shape index (κ3) is 1.69. The predicted octanol–water partition coefficient (Wildman–Crippen LogP) is 1.18. The Balaban J connectivity index is 2.13. The summed E-state index contributed by atoms with van der Waals surface area (Å²) in [4.78, 5) is 4.26. The highest BCUT2D eigenvalue weighted by molar-refractivity contribution is 7.09. The Hall–Kier alpha value is -0.450. The SMILES string of the molecule is NCC1(Cc2nccs2)CCCC1O. The summed E-state index contributed by atoms with van der Waals surface area (Å²) in [5.41, 5.74) is 5.69. The summed E-state index contributed by atoms with van der Waals surface area (Å²) in [5, 5.41) is 13.0. The maximum Gasteiger partial charge on any atom is 0.0931 e. The highest BCUT2D eigenvalue weighted by Gasteiger charge is 2.41. The minimum absolute atomic E-state index is 0.0994. The zero-order chi connectivity index (χ0) is 10.0. The number of hydrogen-bond donors (Lipinski definition) is 2. The molecule has 1 aliphatic rings. The molecule has 1 aromatic heterocycles. The van der Waals surface area contributed by atoms with E-state index in [4.69, 9.17) is 5.73 Å². The molecular weight excluding hydrogens is 196 g/mol. The molecular formula is C10H16N2OS. The van der Waals surface area contributed by atoms with Crippen LogP contribution in [0.3, 0.4) is 0 Å². The van der Waals surface area contributed by atoms with Crippen LogP contribution in [0.4, 0.5) is 0 Å². The summed E-state index contributed by atoms with van der Waals surface area (Å²) in [6.07, 6.45) is 5.42. The number of thiazole rings is 1. The molecule has 0 bridgehead atoms. The van der Waals surface area contributed by atoms with E-state index in [0.29, 0.717) is 6.54 Å². The summed E-state index contributed by atoms with van der Waals surface area (Å²) in [6, 6.07) is 0. The third-order valence-corrected chi connectivity index (χ3v) is 4.03. The third-order valence-electron chi connectivity index (χ3n) is 3.25. The van der Waals surface area contributed by atoms with Gasteiger partial charge in [0, 0.05) is 30.0 Å². The van der Waals surface area contributed by atoms with Crippen LogP contribution in [0.25, 0.3) is 0 Å². The van der Waals surface area contributed by atoms with Gasteiger partial charge in [0.1, 0.15) is 0 Å². The largest absolute Gasteiger partial charge is 0.392 e. The van der Waals surface area contributed by atoms with Crippen molar-refractivity contribution in [1.29, 1.82) is 0 Å². The van der Waals surface area contributed by atoms with Crippen molar-refractivity contribution < 1.29 is 5.11 Å². The van der Waals surface area contributed by atoms with Crippen molar-refractivity contribution in [3.63, 3.8) is 0 Å². The van der Waals surface area contributed by atoms with Gasteiger partial charge in [-0.3, -0.25) is 0 Å². The maximum atomic E-state index is 9.94. The molecule has 2 rings (SSSR count). The molecule has 0 saturated heterocycles. The molecule has 1 aliphatic carbocycles. The molecule has 78 valence electrons. The van der Waals surface area contributed by atoms with Gasteiger partial charge in [-0.15, -0.1) is 11.3 Å². The topological polar surface area (TPSA) is 59.1 Å². The molecule has 2 unspecified atom stereocenters. The molecule has 1 saturated carbocycles. The lowest BCUT2D eigenvalue weighted by atomic mass is 9.81. The number of aliphatic hydroxyl groups excluding tert-OH is 1. The second-order valence-electron chi connectivity index (χ2n) is 4.08. The van der Waals surface area contributed by atoms with Crippen molar-refractivity contribution in [2.45, 2.75) is 31.8 Å². The van der Waals surface area contributed by atoms with Gasteiger partial charge >= 0.3 is 0 Å². The fourth-order valence-electron chi connectivity index (χ4n) is 2.28. The molecule has 0 aromatic carbocycles. The second kappa shape index (κ2) is 3.96. The average Bonchev–Trinajstić information content (AvgIpc) is 2.79. The minimum Gasteiger partial charge on any atom is -0.392 e. The minimum atomic E-state index is -0.239. The zero-order valence-corrected chi connectivity index (χ0v) is 8.96. The lowest BCUT2D eigenvalue weighted by Crippen LogP contribution is -2.39. The Morgan fingerprint density at radius 2 is 2.57 bits per heavy atom. The summed E-state index contributed by atoms with van der Waals surface area (Å²) in [5.74, 6) is 0. The standard InChI is InChI=1S/C10H16N2OS/c11-7-10(3-1-2-8(10)13)6-9-12-4-5-14-9/h4-5,8,13H,1-3,6-7,11H2. The maximum absolute atomic E-state index is 9.94. The van der Waals surface area contributed by atoms with Crippen LogP contribution in [0.15, 0.2) is 11.6 Å². The van der Waals surface area contributed by atoms with Gasteiger partial charge in [-0.1, -0.05) is 6.42 Å². The van der Waals surface area contributed by atoms with Gasteiger partial charge in [0.05, 0.1) is 11.1 Å². The van der Waals surface area contributed by atoms with Crippen molar-refractivity contribution in [2.75, 3.05) is 6.54 Å². The molecule has 1 aromatic rings. The molecule has 0 amide bonds. The van der Waals surface area contributed by atoms with Gasteiger partial charge in [-0.25, -0.2) is 4.98 Å². The first-order chi connectivity index (χ1) is 6.77. The van der Waals surface area contributed by atoms with Crippen LogP contribution in [-0.2, 0) is 6.42 Å². The van der Waals surface area contributed by atoms with Crippen LogP contribution in [0.5, 0.6) is 0 Å². The quantitative estimate of drug-likeness (QED) is 0.791. The van der Waals surface area contributed by atoms with E-state index in [1.807, 2.05) is 11.6 Å². The Kier molecular flexibility index (Phi) is 2.85. The summed E-state index contributed by atoms with van der Waals surface area (Å²) in [6.45, 7) is 0.563. The second-order valence-corrected chi connectivity index (χ2v) is 5.06. The number of rotatable bonds is 3. The molecule has 1 fully saturated rings. The molecule has 0 spiro atoms. The predicted molar refractivity (Wildman–Crippen MR) is 57.2 cm³/mol. The molecule has 14 heavy (non-hydrogen) atoms. The van der Waals surface area contributed by atoms with Crippen LogP contribution < -0.4 is 5.73 Å². The van der Waals surface area contributed by atoms with Gasteiger partial charge in [-0.05, 0) is 12.8 Å². The van der Waals surface area contributed by atoms with E-state index in [-0.39, 0.29) is 11.5 Å². The summed E-state index contributed by atoms with van der Waals surface area (Å²) < 4.78 is 0. The smallest absolute Gasteiger partial charge is 0.0931 e. The molecule has 2 atom stereocenters. The normalized spacial score (nSPS) is 32.3. The Morgan fingerprint density at radius 3 is 3.07 bits per heavy atom. The van der Waals surface area contributed by atoms with Gasteiger partial charge < -0.3 is 10.8 Å². The lowest BCUT2D eigenvalue weighted by Gasteiger charge is -2.30. The van der Waals surface area contributed by atoms with E-state index < -0.39 is 0 Å². The lowest BCUT2D eigenvalue weighted by molar-refractivity contribution is 0.0588. The van der Waals surface area contributed by atoms with Gasteiger partial charge in [0.25, 0.3) is 0 Å². The number of nitrogens with zero attached hydrogens (tertiary/aromatic N) is 1. The van der Waals surface area contributed by atoms with E-state index in [9.17, 15) is 5.11 Å². The fourth-order valence-corrected chi connectivity index (χ4v) is 3.05. The van der Waals surface area contributed by atoms with Crippen molar-refractivity contribution in [2.24, 2.45) is 11.1 Å². The first-order valence-corrected chi connectivity index (χ1v) is 5.91. The zero-order valence-electron chi connectivity index (χ0n) is 8.15. The van der Waals surface area contributed by atoms with Crippen LogP contribution >= 0.6 is 11.3 Å². The average molecular weight is 212 g/mol. The molecule has 3 N–H and O–H groups in total. The molecule has 0 aliphatic heterocycles. The summed E-state index contributed by atoms with van der Waals surface area (Å²) >= 11 is 1.65. The van der Waals surface area contributed by atoms with E-state index in [1.165, 1.54) is 0 Å².